The van der Waals surface area contributed by atoms with Crippen LogP contribution in [0.2, 0.25) is 0 Å². The Bertz CT molecular complexity index is 1360. The number of anilines is 1. The Labute approximate surface area is 239 Å². The van der Waals surface area contributed by atoms with E-state index in [0.29, 0.717) is 11.5 Å². The van der Waals surface area contributed by atoms with E-state index in [0.717, 1.165) is 37.1 Å². The molecule has 0 spiro atoms. The first kappa shape index (κ1) is 26.1. The topological polar surface area (TPSA) is 48.7 Å². The highest BCUT2D eigenvalue weighted by molar-refractivity contribution is 5.99. The van der Waals surface area contributed by atoms with Crippen LogP contribution in [0.1, 0.15) is 98.9 Å². The van der Waals surface area contributed by atoms with Crippen molar-refractivity contribution in [2.24, 2.45) is 5.92 Å². The van der Waals surface area contributed by atoms with Crippen LogP contribution in [0.15, 0.2) is 42.5 Å². The maximum atomic E-state index is 11.9. The summed E-state index contributed by atoms with van der Waals surface area (Å²) in [6.45, 7) is 5.56. The molecule has 212 valence electrons. The molecule has 3 aromatic rings. The average molecular weight is 540 g/mol. The molecular weight excluding hydrogens is 494 g/mol. The molecule has 0 amide bonds. The van der Waals surface area contributed by atoms with Crippen molar-refractivity contribution in [1.82, 2.24) is 9.47 Å². The van der Waals surface area contributed by atoms with Gasteiger partial charge in [-0.15, -0.1) is 0 Å². The van der Waals surface area contributed by atoms with E-state index in [1.165, 1.54) is 118 Å². The van der Waals surface area contributed by atoms with Crippen LogP contribution in [0.5, 0.6) is 0 Å². The summed E-state index contributed by atoms with van der Waals surface area (Å²) in [7, 11) is 0. The van der Waals surface area contributed by atoms with Gasteiger partial charge in [-0.1, -0.05) is 56.4 Å². The van der Waals surface area contributed by atoms with E-state index < -0.39 is 5.97 Å². The second kappa shape index (κ2) is 11.2. The van der Waals surface area contributed by atoms with Crippen LogP contribution in [-0.4, -0.2) is 52.8 Å². The summed E-state index contributed by atoms with van der Waals surface area (Å²) < 4.78 is 2.48. The number of benzene rings is 2. The lowest BCUT2D eigenvalue weighted by Gasteiger charge is -2.37. The zero-order chi connectivity index (χ0) is 27.1. The third kappa shape index (κ3) is 4.85. The van der Waals surface area contributed by atoms with Gasteiger partial charge in [0.25, 0.3) is 0 Å². The van der Waals surface area contributed by atoms with Gasteiger partial charge in [-0.2, -0.15) is 0 Å². The molecule has 0 atom stereocenters. The van der Waals surface area contributed by atoms with E-state index in [1.807, 2.05) is 12.1 Å². The van der Waals surface area contributed by atoms with E-state index in [4.69, 9.17) is 0 Å². The minimum absolute atomic E-state index is 0.390. The van der Waals surface area contributed by atoms with Gasteiger partial charge in [0.1, 0.15) is 0 Å². The van der Waals surface area contributed by atoms with Gasteiger partial charge < -0.3 is 19.5 Å². The molecule has 2 aliphatic carbocycles. The monoisotopic (exact) mass is 539 g/mol. The summed E-state index contributed by atoms with van der Waals surface area (Å²) in [4.78, 5) is 17.4. The van der Waals surface area contributed by atoms with Crippen LogP contribution in [0.25, 0.3) is 22.2 Å². The van der Waals surface area contributed by atoms with Crippen molar-refractivity contribution in [1.29, 1.82) is 0 Å². The predicted molar refractivity (Wildman–Crippen MR) is 164 cm³/mol. The van der Waals surface area contributed by atoms with Crippen LogP contribution in [0.4, 0.5) is 5.69 Å². The lowest BCUT2D eigenvalue weighted by Crippen LogP contribution is -2.40. The predicted octanol–water partition coefficient (Wildman–Crippen LogP) is 7.92. The molecule has 2 aromatic carbocycles. The molecule has 1 N–H and O–H groups in total. The number of likely N-dealkylation sites (tertiary alicyclic amines) is 1. The fourth-order valence-corrected chi connectivity index (χ4v) is 8.57. The van der Waals surface area contributed by atoms with Crippen molar-refractivity contribution in [2.75, 3.05) is 31.1 Å². The number of piperidine rings is 1. The molecule has 4 aliphatic rings. The van der Waals surface area contributed by atoms with E-state index >= 15 is 0 Å². The number of rotatable bonds is 6. The van der Waals surface area contributed by atoms with Crippen molar-refractivity contribution in [3.8, 4) is 11.3 Å². The van der Waals surface area contributed by atoms with E-state index in [-0.39, 0.29) is 0 Å². The molecule has 0 unspecified atom stereocenters. The van der Waals surface area contributed by atoms with Crippen LogP contribution >= 0.6 is 0 Å². The average Bonchev–Trinajstić information content (AvgIpc) is 3.61. The molecule has 5 nitrogen and oxygen atoms in total. The molecule has 1 aromatic heterocycles. The Balaban J connectivity index is 1.19. The number of carbonyl (C=O) groups is 1. The van der Waals surface area contributed by atoms with Gasteiger partial charge in [-0.3, -0.25) is 0 Å². The summed E-state index contributed by atoms with van der Waals surface area (Å²) in [6.07, 6.45) is 16.0. The molecule has 2 saturated carbocycles. The number of carboxylic acid groups (broad SMARTS) is 1. The van der Waals surface area contributed by atoms with Crippen LogP contribution in [0.3, 0.4) is 0 Å². The molecular formula is C35H45N3O2. The fourth-order valence-electron chi connectivity index (χ4n) is 8.57. The van der Waals surface area contributed by atoms with Gasteiger partial charge in [0.05, 0.1) is 11.3 Å². The first-order valence-corrected chi connectivity index (χ1v) is 16.1. The summed E-state index contributed by atoms with van der Waals surface area (Å²) >= 11 is 0. The van der Waals surface area contributed by atoms with E-state index in [1.54, 1.807) is 0 Å². The third-order valence-electron chi connectivity index (χ3n) is 10.8. The quantitative estimate of drug-likeness (QED) is 0.346. The van der Waals surface area contributed by atoms with Crippen molar-refractivity contribution >= 4 is 22.6 Å². The van der Waals surface area contributed by atoms with Crippen LogP contribution in [0, 0.1) is 5.92 Å². The van der Waals surface area contributed by atoms with Crippen molar-refractivity contribution < 1.29 is 9.90 Å². The molecule has 3 heterocycles. The lowest BCUT2D eigenvalue weighted by atomic mass is 9.81. The molecule has 0 bridgehead atoms. The van der Waals surface area contributed by atoms with Gasteiger partial charge in [0, 0.05) is 47.8 Å². The second-order valence-corrected chi connectivity index (χ2v) is 13.0. The number of nitrogens with zero attached hydrogens (tertiary/aromatic N) is 3. The molecule has 2 aliphatic heterocycles. The zero-order valence-corrected chi connectivity index (χ0v) is 24.0. The van der Waals surface area contributed by atoms with Crippen LogP contribution in [-0.2, 0) is 6.54 Å². The highest BCUT2D eigenvalue weighted by atomic mass is 16.4. The highest BCUT2D eigenvalue weighted by Gasteiger charge is 2.31. The fraction of sp³-hybridized carbons (Fsp3) is 0.571. The summed E-state index contributed by atoms with van der Waals surface area (Å²) in [5.41, 5.74) is 7.02. The van der Waals surface area contributed by atoms with Gasteiger partial charge in [-0.25, -0.2) is 4.79 Å². The number of aromatic carboxylic acids is 1. The van der Waals surface area contributed by atoms with Gasteiger partial charge >= 0.3 is 5.97 Å². The number of carboxylic acids is 1. The molecule has 0 radical (unpaired) electrons. The second-order valence-electron chi connectivity index (χ2n) is 13.0. The minimum Gasteiger partial charge on any atom is -0.478 e. The Hall–Kier alpha value is -2.79. The van der Waals surface area contributed by atoms with E-state index in [2.05, 4.69) is 44.7 Å². The van der Waals surface area contributed by atoms with E-state index in [9.17, 15) is 9.90 Å². The smallest absolute Gasteiger partial charge is 0.335 e. The zero-order valence-electron chi connectivity index (χ0n) is 24.0. The molecule has 1 saturated heterocycles. The van der Waals surface area contributed by atoms with Crippen molar-refractivity contribution in [2.45, 2.75) is 95.6 Å². The van der Waals surface area contributed by atoms with Gasteiger partial charge in [0.15, 0.2) is 0 Å². The normalized spacial score (nSPS) is 21.4. The maximum Gasteiger partial charge on any atom is 0.335 e. The van der Waals surface area contributed by atoms with Crippen molar-refractivity contribution in [3.63, 3.8) is 0 Å². The first-order chi connectivity index (χ1) is 19.7. The van der Waals surface area contributed by atoms with Crippen molar-refractivity contribution in [3.05, 3.63) is 53.6 Å². The Morgan fingerprint density at radius 1 is 0.825 bits per heavy atom. The maximum absolute atomic E-state index is 11.9. The molecule has 3 fully saturated rings. The van der Waals surface area contributed by atoms with Gasteiger partial charge in [0.2, 0.25) is 0 Å². The number of fused-ring (bicyclic) bond motifs is 5. The summed E-state index contributed by atoms with van der Waals surface area (Å²) in [5, 5.41) is 11.1. The Kier molecular flexibility index (Phi) is 7.34. The molecule has 40 heavy (non-hydrogen) atoms. The number of hydrogen-bond donors (Lipinski definition) is 1. The summed E-state index contributed by atoms with van der Waals surface area (Å²) in [5.74, 6) is 0.530. The Morgan fingerprint density at radius 2 is 1.57 bits per heavy atom. The SMILES string of the molecule is O=C(O)c1ccc2c(C3CCCCC3)c3n(c2c1)CCN(CCC1CCN(C2CCCC2)CC1)c1ccccc1-3. The largest absolute Gasteiger partial charge is 0.478 e. The minimum atomic E-state index is -0.841. The number of aromatic nitrogens is 1. The van der Waals surface area contributed by atoms with Gasteiger partial charge in [-0.05, 0) is 93.6 Å². The Morgan fingerprint density at radius 3 is 2.35 bits per heavy atom. The molecule has 7 rings (SSSR count). The van der Waals surface area contributed by atoms with Crippen LogP contribution < -0.4 is 4.90 Å². The number of hydrogen-bond acceptors (Lipinski definition) is 3. The lowest BCUT2D eigenvalue weighted by molar-refractivity contribution is 0.0697. The third-order valence-corrected chi connectivity index (χ3v) is 10.8. The highest BCUT2D eigenvalue weighted by Crippen LogP contribution is 2.47. The summed E-state index contributed by atoms with van der Waals surface area (Å²) in [6, 6.07) is 15.8. The first-order valence-electron chi connectivity index (χ1n) is 16.1. The molecule has 5 heteroatoms. The standard InChI is InChI=1S/C35H45N3O2/c39-35(40)27-14-15-29-32(24-27)38-23-22-37(21-18-25-16-19-36(20-17-25)28-10-4-5-11-28)31-13-7-6-12-30(31)34(38)33(29)26-8-2-1-3-9-26/h6-7,12-15,24-26,28H,1-5,8-11,16-23H2,(H,39,40). The number of para-hydroxylation sites is 1.